The van der Waals surface area contributed by atoms with E-state index in [4.69, 9.17) is 0 Å². The summed E-state index contributed by atoms with van der Waals surface area (Å²) < 4.78 is 0. The predicted molar refractivity (Wildman–Crippen MR) is 52.6 cm³/mol. The lowest BCUT2D eigenvalue weighted by Crippen LogP contribution is -2.33. The van der Waals surface area contributed by atoms with Crippen molar-refractivity contribution < 1.29 is 0 Å². The minimum atomic E-state index is 1.05. The van der Waals surface area contributed by atoms with Gasteiger partial charge in [0.25, 0.3) is 0 Å². The normalized spacial score (nSPS) is 52.9. The Hall–Kier alpha value is 0.430. The van der Waals surface area contributed by atoms with Crippen molar-refractivity contribution in [2.24, 2.45) is 17.8 Å². The van der Waals surface area contributed by atoms with E-state index in [0.29, 0.717) is 0 Å². The zero-order valence-electron chi connectivity index (χ0n) is 7.64. The van der Waals surface area contributed by atoms with Crippen molar-refractivity contribution >= 4 is 8.58 Å². The van der Waals surface area contributed by atoms with Gasteiger partial charge in [0.15, 0.2) is 0 Å². The minimum absolute atomic E-state index is 1.05. The third-order valence-electron chi connectivity index (χ3n) is 3.74. The van der Waals surface area contributed by atoms with Gasteiger partial charge in [0.1, 0.15) is 0 Å². The van der Waals surface area contributed by atoms with Crippen LogP contribution < -0.4 is 0 Å². The van der Waals surface area contributed by atoms with Crippen molar-refractivity contribution in [2.75, 3.05) is 6.16 Å². The van der Waals surface area contributed by atoms with Crippen LogP contribution in [0.2, 0.25) is 0 Å². The van der Waals surface area contributed by atoms with Crippen LogP contribution in [0.15, 0.2) is 0 Å². The van der Waals surface area contributed by atoms with Crippen molar-refractivity contribution in [3.05, 3.63) is 0 Å². The number of hydrogen-bond donors (Lipinski definition) is 0. The SMILES string of the molecule is CC1CP[C@@H]2C[C@H]1CC[C@@H]2C. The van der Waals surface area contributed by atoms with Gasteiger partial charge in [-0.15, -0.1) is 8.58 Å². The highest BCUT2D eigenvalue weighted by atomic mass is 31.1. The summed E-state index contributed by atoms with van der Waals surface area (Å²) in [5, 5.41) is 0. The molecule has 0 radical (unpaired) electrons. The van der Waals surface area contributed by atoms with Gasteiger partial charge in [-0.1, -0.05) is 13.8 Å². The molecular formula is C10H19P. The summed E-state index contributed by atoms with van der Waals surface area (Å²) >= 11 is 0. The lowest BCUT2D eigenvalue weighted by molar-refractivity contribution is 0.229. The molecule has 2 aliphatic rings. The molecule has 0 aromatic carbocycles. The quantitative estimate of drug-likeness (QED) is 0.490. The molecule has 2 rings (SSSR count). The Bertz CT molecular complexity index is 128. The van der Waals surface area contributed by atoms with Crippen LogP contribution in [0, 0.1) is 17.8 Å². The van der Waals surface area contributed by atoms with Gasteiger partial charge in [-0.3, -0.25) is 0 Å². The van der Waals surface area contributed by atoms with E-state index in [0.717, 1.165) is 23.4 Å². The molecule has 2 fully saturated rings. The molecular weight excluding hydrogens is 151 g/mol. The van der Waals surface area contributed by atoms with Crippen LogP contribution >= 0.6 is 8.58 Å². The second kappa shape index (κ2) is 3.05. The fraction of sp³-hybridized carbons (Fsp3) is 1.00. The highest BCUT2D eigenvalue weighted by Crippen LogP contribution is 2.48. The second-order valence-electron chi connectivity index (χ2n) is 4.54. The first-order chi connectivity index (χ1) is 5.27. The van der Waals surface area contributed by atoms with Gasteiger partial charge in [-0.25, -0.2) is 0 Å². The van der Waals surface area contributed by atoms with Crippen LogP contribution in [0.4, 0.5) is 0 Å². The van der Waals surface area contributed by atoms with E-state index in [9.17, 15) is 0 Å². The predicted octanol–water partition coefficient (Wildman–Crippen LogP) is 3.12. The van der Waals surface area contributed by atoms with Crippen molar-refractivity contribution in [3.8, 4) is 0 Å². The summed E-state index contributed by atoms with van der Waals surface area (Å²) in [4.78, 5) is 0. The Morgan fingerprint density at radius 2 is 1.91 bits per heavy atom. The molecule has 64 valence electrons. The molecule has 0 spiro atoms. The lowest BCUT2D eigenvalue weighted by Gasteiger charge is -2.42. The standard InChI is InChI=1S/C10H19P/c1-7-3-4-9-5-10(7)11-6-8(9)2/h7-11H,3-6H2,1-2H3/t7-,8?,9+,10+/m0/s1. The molecule has 2 bridgehead atoms. The van der Waals surface area contributed by atoms with E-state index >= 15 is 0 Å². The maximum Gasteiger partial charge on any atom is -0.0208 e. The monoisotopic (exact) mass is 170 g/mol. The summed E-state index contributed by atoms with van der Waals surface area (Å²) in [6.07, 6.45) is 6.16. The molecule has 5 atom stereocenters. The van der Waals surface area contributed by atoms with Crippen LogP contribution in [0.25, 0.3) is 0 Å². The third kappa shape index (κ3) is 1.47. The smallest absolute Gasteiger partial charge is 0.0208 e. The van der Waals surface area contributed by atoms with E-state index in [2.05, 4.69) is 13.8 Å². The van der Waals surface area contributed by atoms with Crippen LogP contribution in [0.5, 0.6) is 0 Å². The second-order valence-corrected chi connectivity index (χ2v) is 6.10. The summed E-state index contributed by atoms with van der Waals surface area (Å²) in [5.41, 5.74) is 1.13. The molecule has 2 unspecified atom stereocenters. The van der Waals surface area contributed by atoms with Crippen LogP contribution in [0.1, 0.15) is 33.1 Å². The number of hydrogen-bond acceptors (Lipinski definition) is 0. The van der Waals surface area contributed by atoms with Crippen LogP contribution in [-0.4, -0.2) is 11.8 Å². The fourth-order valence-corrected chi connectivity index (χ4v) is 4.71. The molecule has 1 aliphatic carbocycles. The number of rotatable bonds is 0. The molecule has 1 saturated heterocycles. The molecule has 0 amide bonds. The summed E-state index contributed by atoms with van der Waals surface area (Å²) in [6, 6.07) is 0. The van der Waals surface area contributed by atoms with Crippen molar-refractivity contribution in [1.82, 2.24) is 0 Å². The first-order valence-electron chi connectivity index (χ1n) is 5.00. The van der Waals surface area contributed by atoms with Crippen molar-refractivity contribution in [1.29, 1.82) is 0 Å². The Kier molecular flexibility index (Phi) is 2.23. The van der Waals surface area contributed by atoms with Crippen molar-refractivity contribution in [2.45, 2.75) is 38.8 Å². The van der Waals surface area contributed by atoms with E-state index < -0.39 is 0 Å². The Morgan fingerprint density at radius 1 is 1.09 bits per heavy atom. The topological polar surface area (TPSA) is 0 Å². The average Bonchev–Trinajstić information content (AvgIpc) is 2.02. The maximum absolute atomic E-state index is 2.46. The van der Waals surface area contributed by atoms with E-state index in [1.165, 1.54) is 21.4 Å². The van der Waals surface area contributed by atoms with Gasteiger partial charge in [0, 0.05) is 0 Å². The van der Waals surface area contributed by atoms with E-state index in [1.54, 1.807) is 12.6 Å². The summed E-state index contributed by atoms with van der Waals surface area (Å²) in [5.74, 6) is 3.21. The van der Waals surface area contributed by atoms with E-state index in [-0.39, 0.29) is 0 Å². The molecule has 1 heteroatoms. The van der Waals surface area contributed by atoms with Crippen molar-refractivity contribution in [3.63, 3.8) is 0 Å². The lowest BCUT2D eigenvalue weighted by atomic mass is 9.77. The van der Waals surface area contributed by atoms with Gasteiger partial charge >= 0.3 is 0 Å². The Labute approximate surface area is 71.9 Å². The zero-order valence-corrected chi connectivity index (χ0v) is 8.64. The Morgan fingerprint density at radius 3 is 2.73 bits per heavy atom. The van der Waals surface area contributed by atoms with Crippen LogP contribution in [0.3, 0.4) is 0 Å². The first kappa shape index (κ1) is 8.05. The molecule has 0 N–H and O–H groups in total. The van der Waals surface area contributed by atoms with Gasteiger partial charge in [0.05, 0.1) is 0 Å². The van der Waals surface area contributed by atoms with Gasteiger partial charge in [0.2, 0.25) is 0 Å². The fourth-order valence-electron chi connectivity index (χ4n) is 2.66. The highest BCUT2D eigenvalue weighted by molar-refractivity contribution is 7.39. The minimum Gasteiger partial charge on any atom is -0.118 e. The molecule has 0 aromatic rings. The summed E-state index contributed by atoms with van der Waals surface area (Å²) in [7, 11) is 1.29. The first-order valence-corrected chi connectivity index (χ1v) is 6.29. The molecule has 1 aliphatic heterocycles. The van der Waals surface area contributed by atoms with Gasteiger partial charge in [-0.2, -0.15) is 0 Å². The molecule has 1 heterocycles. The zero-order chi connectivity index (χ0) is 7.84. The number of fused-ring (bicyclic) bond motifs is 2. The van der Waals surface area contributed by atoms with E-state index in [1.807, 2.05) is 0 Å². The average molecular weight is 170 g/mol. The maximum atomic E-state index is 2.46. The Balaban J connectivity index is 2.02. The molecule has 0 nitrogen and oxygen atoms in total. The third-order valence-corrected chi connectivity index (χ3v) is 5.95. The largest absolute Gasteiger partial charge is 0.118 e. The molecule has 11 heavy (non-hydrogen) atoms. The van der Waals surface area contributed by atoms with Gasteiger partial charge < -0.3 is 0 Å². The molecule has 0 aromatic heterocycles. The van der Waals surface area contributed by atoms with Gasteiger partial charge in [-0.05, 0) is 48.8 Å². The highest BCUT2D eigenvalue weighted by Gasteiger charge is 2.34. The summed E-state index contributed by atoms with van der Waals surface area (Å²) in [6.45, 7) is 4.92. The van der Waals surface area contributed by atoms with Crippen LogP contribution in [-0.2, 0) is 0 Å². The molecule has 1 saturated carbocycles.